The number of nitrogens with one attached hydrogen (secondary N) is 2. The second kappa shape index (κ2) is 8.61. The van der Waals surface area contributed by atoms with E-state index in [1.54, 1.807) is 20.3 Å². The maximum Gasteiger partial charge on any atom is 0.319 e. The smallest absolute Gasteiger partial charge is 0.319 e. The van der Waals surface area contributed by atoms with Crippen molar-refractivity contribution >= 4 is 11.7 Å². The zero-order chi connectivity index (χ0) is 19.3. The highest BCUT2D eigenvalue weighted by Crippen LogP contribution is 2.32. The number of benzene rings is 2. The van der Waals surface area contributed by atoms with Gasteiger partial charge in [-0.3, -0.25) is 0 Å². The van der Waals surface area contributed by atoms with Gasteiger partial charge in [-0.2, -0.15) is 0 Å². The highest BCUT2D eigenvalue weighted by atomic mass is 16.5. The van der Waals surface area contributed by atoms with Gasteiger partial charge >= 0.3 is 6.03 Å². The summed E-state index contributed by atoms with van der Waals surface area (Å²) in [7, 11) is 3.26. The van der Waals surface area contributed by atoms with E-state index in [0.717, 1.165) is 22.4 Å². The van der Waals surface area contributed by atoms with Crippen molar-refractivity contribution in [3.63, 3.8) is 0 Å². The van der Waals surface area contributed by atoms with Crippen molar-refractivity contribution in [2.24, 2.45) is 0 Å². The molecule has 0 aliphatic carbocycles. The average Bonchev–Trinajstić information content (AvgIpc) is 2.61. The summed E-state index contributed by atoms with van der Waals surface area (Å²) in [6.07, 6.45) is 0. The van der Waals surface area contributed by atoms with Crippen molar-refractivity contribution in [1.82, 2.24) is 5.32 Å². The third kappa shape index (κ3) is 4.48. The number of carbonyl (C=O) groups is 1. The summed E-state index contributed by atoms with van der Waals surface area (Å²) in [5.74, 6) is 1.84. The summed E-state index contributed by atoms with van der Waals surface area (Å²) in [5, 5.41) is 5.84. The number of carbonyl (C=O) groups excluding carboxylic acids is 1. The SMILES string of the molecule is COc1ccccc1NC(=O)N[C@@H](C)c1cc(C(C)C)c(OC)cc1C. The third-order valence-corrected chi connectivity index (χ3v) is 4.41. The third-order valence-electron chi connectivity index (χ3n) is 4.41. The highest BCUT2D eigenvalue weighted by molar-refractivity contribution is 5.91. The zero-order valence-corrected chi connectivity index (χ0v) is 16.3. The summed E-state index contributed by atoms with van der Waals surface area (Å²) in [4.78, 5) is 12.4. The molecule has 5 heteroatoms. The van der Waals surface area contributed by atoms with Crippen LogP contribution in [0.5, 0.6) is 11.5 Å². The predicted molar refractivity (Wildman–Crippen MR) is 105 cm³/mol. The molecule has 0 spiro atoms. The predicted octanol–water partition coefficient (Wildman–Crippen LogP) is 5.02. The Kier molecular flexibility index (Phi) is 6.50. The van der Waals surface area contributed by atoms with Gasteiger partial charge in [-0.1, -0.05) is 26.0 Å². The van der Waals surface area contributed by atoms with Crippen LogP contribution in [0.2, 0.25) is 0 Å². The molecular formula is C21H28N2O3. The minimum absolute atomic E-state index is 0.145. The Bertz CT molecular complexity index is 772. The Hall–Kier alpha value is -2.69. The molecule has 2 N–H and O–H groups in total. The minimum Gasteiger partial charge on any atom is -0.496 e. The number of methoxy groups -OCH3 is 2. The van der Waals surface area contributed by atoms with E-state index >= 15 is 0 Å². The van der Waals surface area contributed by atoms with Crippen LogP contribution >= 0.6 is 0 Å². The quantitative estimate of drug-likeness (QED) is 0.764. The first-order chi connectivity index (χ1) is 12.4. The van der Waals surface area contributed by atoms with Crippen molar-refractivity contribution in [2.45, 2.75) is 39.7 Å². The Morgan fingerprint density at radius 3 is 2.23 bits per heavy atom. The van der Waals surface area contributed by atoms with Crippen LogP contribution in [-0.4, -0.2) is 20.3 Å². The van der Waals surface area contributed by atoms with E-state index in [4.69, 9.17) is 9.47 Å². The molecular weight excluding hydrogens is 328 g/mol. The van der Waals surface area contributed by atoms with Crippen LogP contribution in [0.25, 0.3) is 0 Å². The molecule has 2 amide bonds. The van der Waals surface area contributed by atoms with Crippen molar-refractivity contribution in [3.05, 3.63) is 53.1 Å². The lowest BCUT2D eigenvalue weighted by molar-refractivity contribution is 0.249. The molecule has 26 heavy (non-hydrogen) atoms. The molecule has 0 saturated carbocycles. The number of hydrogen-bond donors (Lipinski definition) is 2. The molecule has 0 fully saturated rings. The molecule has 2 aromatic rings. The zero-order valence-electron chi connectivity index (χ0n) is 16.3. The van der Waals surface area contributed by atoms with E-state index in [1.807, 2.05) is 38.1 Å². The summed E-state index contributed by atoms with van der Waals surface area (Å²) < 4.78 is 10.8. The van der Waals surface area contributed by atoms with Crippen molar-refractivity contribution in [2.75, 3.05) is 19.5 Å². The Morgan fingerprint density at radius 1 is 0.962 bits per heavy atom. The number of urea groups is 1. The van der Waals surface area contributed by atoms with Crippen molar-refractivity contribution < 1.29 is 14.3 Å². The maximum absolute atomic E-state index is 12.4. The van der Waals surface area contributed by atoms with Gasteiger partial charge in [0, 0.05) is 0 Å². The van der Waals surface area contributed by atoms with Gasteiger partial charge in [0.15, 0.2) is 0 Å². The van der Waals surface area contributed by atoms with Crippen molar-refractivity contribution in [3.8, 4) is 11.5 Å². The van der Waals surface area contributed by atoms with Gasteiger partial charge in [0.2, 0.25) is 0 Å². The second-order valence-corrected chi connectivity index (χ2v) is 6.63. The van der Waals surface area contributed by atoms with Gasteiger partial charge in [0.05, 0.1) is 25.9 Å². The fourth-order valence-corrected chi connectivity index (χ4v) is 2.99. The minimum atomic E-state index is -0.275. The molecule has 5 nitrogen and oxygen atoms in total. The standard InChI is InChI=1S/C21H28N2O3/c1-13(2)16-12-17(14(3)11-20(16)26-6)15(4)22-21(24)23-18-9-7-8-10-19(18)25-5/h7-13,15H,1-6H3,(H2,22,23,24)/t15-/m0/s1. The molecule has 0 radical (unpaired) electrons. The maximum atomic E-state index is 12.4. The molecule has 0 unspecified atom stereocenters. The topological polar surface area (TPSA) is 59.6 Å². The molecule has 0 bridgehead atoms. The molecule has 2 rings (SSSR count). The lowest BCUT2D eigenvalue weighted by Crippen LogP contribution is -2.31. The van der Waals surface area contributed by atoms with Crippen LogP contribution in [0.1, 0.15) is 49.4 Å². The normalized spacial score (nSPS) is 11.8. The molecule has 0 heterocycles. The van der Waals surface area contributed by atoms with Crippen molar-refractivity contribution in [1.29, 1.82) is 0 Å². The second-order valence-electron chi connectivity index (χ2n) is 6.63. The van der Waals surface area contributed by atoms with E-state index in [-0.39, 0.29) is 12.1 Å². The summed E-state index contributed by atoms with van der Waals surface area (Å²) in [5.41, 5.74) is 3.92. The van der Waals surface area contributed by atoms with E-state index in [1.165, 1.54) is 0 Å². The lowest BCUT2D eigenvalue weighted by Gasteiger charge is -2.21. The fourth-order valence-electron chi connectivity index (χ4n) is 2.99. The van der Waals surface area contributed by atoms with Gasteiger partial charge in [0.1, 0.15) is 11.5 Å². The molecule has 0 saturated heterocycles. The molecule has 140 valence electrons. The Balaban J connectivity index is 2.17. The number of amides is 2. The summed E-state index contributed by atoms with van der Waals surface area (Å²) >= 11 is 0. The van der Waals surface area contributed by atoms with Crippen LogP contribution in [0.15, 0.2) is 36.4 Å². The highest BCUT2D eigenvalue weighted by Gasteiger charge is 2.17. The number of para-hydroxylation sites is 2. The average molecular weight is 356 g/mol. The van der Waals surface area contributed by atoms with E-state index in [0.29, 0.717) is 17.4 Å². The molecule has 0 aromatic heterocycles. The summed E-state index contributed by atoms with van der Waals surface area (Å²) in [6.45, 7) is 8.26. The van der Waals surface area contributed by atoms with Gasteiger partial charge in [-0.25, -0.2) is 4.79 Å². The largest absolute Gasteiger partial charge is 0.496 e. The van der Waals surface area contributed by atoms with E-state index < -0.39 is 0 Å². The van der Waals surface area contributed by atoms with Gasteiger partial charge in [-0.05, 0) is 60.7 Å². The van der Waals surface area contributed by atoms with Crippen LogP contribution < -0.4 is 20.1 Å². The lowest BCUT2D eigenvalue weighted by atomic mass is 9.93. The first-order valence-corrected chi connectivity index (χ1v) is 8.76. The van der Waals surface area contributed by atoms with Crippen LogP contribution in [0.3, 0.4) is 0 Å². The van der Waals surface area contributed by atoms with E-state index in [2.05, 4.69) is 30.5 Å². The number of hydrogen-bond acceptors (Lipinski definition) is 3. The van der Waals surface area contributed by atoms with Crippen LogP contribution in [0, 0.1) is 6.92 Å². The monoisotopic (exact) mass is 356 g/mol. The summed E-state index contributed by atoms with van der Waals surface area (Å²) in [6, 6.07) is 11.0. The molecule has 0 aliphatic rings. The van der Waals surface area contributed by atoms with E-state index in [9.17, 15) is 4.79 Å². The van der Waals surface area contributed by atoms with Gasteiger partial charge in [0.25, 0.3) is 0 Å². The van der Waals surface area contributed by atoms with Gasteiger partial charge < -0.3 is 20.1 Å². The molecule has 2 aromatic carbocycles. The molecule has 1 atom stereocenters. The van der Waals surface area contributed by atoms with Crippen LogP contribution in [0.4, 0.5) is 10.5 Å². The first kappa shape index (κ1) is 19.6. The Morgan fingerprint density at radius 2 is 1.62 bits per heavy atom. The number of ether oxygens (including phenoxy) is 2. The van der Waals surface area contributed by atoms with Crippen LogP contribution in [-0.2, 0) is 0 Å². The number of anilines is 1. The fraction of sp³-hybridized carbons (Fsp3) is 0.381. The number of rotatable bonds is 6. The number of aryl methyl sites for hydroxylation is 1. The first-order valence-electron chi connectivity index (χ1n) is 8.76. The Labute approximate surface area is 155 Å². The van der Waals surface area contributed by atoms with Gasteiger partial charge in [-0.15, -0.1) is 0 Å². The molecule has 0 aliphatic heterocycles.